The molecule has 0 bridgehead atoms. The summed E-state index contributed by atoms with van der Waals surface area (Å²) in [6.07, 6.45) is 2.13. The first-order chi connectivity index (χ1) is 7.68. The van der Waals surface area contributed by atoms with E-state index in [4.69, 9.17) is 9.84 Å². The second-order valence-electron chi connectivity index (χ2n) is 4.49. The van der Waals surface area contributed by atoms with Crippen LogP contribution >= 0.6 is 0 Å². The molecular weight excluding hydrogens is 210 g/mol. The van der Waals surface area contributed by atoms with Gasteiger partial charge in [-0.1, -0.05) is 0 Å². The molecular formula is C11H17NO4. The van der Waals surface area contributed by atoms with Crippen LogP contribution in [-0.4, -0.2) is 48.2 Å². The smallest absolute Gasteiger partial charge is 0.308 e. The minimum atomic E-state index is -0.790. The van der Waals surface area contributed by atoms with E-state index in [-0.39, 0.29) is 17.7 Å². The number of carbonyl (C=O) groups excluding carboxylic acids is 1. The summed E-state index contributed by atoms with van der Waals surface area (Å²) in [5, 5.41) is 8.87. The first-order valence-electron chi connectivity index (χ1n) is 5.78. The summed E-state index contributed by atoms with van der Waals surface area (Å²) in [6.45, 7) is 2.26. The van der Waals surface area contributed by atoms with E-state index >= 15 is 0 Å². The average molecular weight is 227 g/mol. The third-order valence-electron chi connectivity index (χ3n) is 3.42. The quantitative estimate of drug-likeness (QED) is 0.739. The Bertz CT molecular complexity index is 286. The number of likely N-dealkylation sites (tertiary alicyclic amines) is 1. The zero-order valence-corrected chi connectivity index (χ0v) is 9.22. The fraction of sp³-hybridized carbons (Fsp3) is 0.818. The Kier molecular flexibility index (Phi) is 3.43. The second-order valence-corrected chi connectivity index (χ2v) is 4.49. The number of carbonyl (C=O) groups is 2. The van der Waals surface area contributed by atoms with Gasteiger partial charge in [-0.2, -0.15) is 0 Å². The minimum absolute atomic E-state index is 0.0429. The first kappa shape index (κ1) is 11.4. The van der Waals surface area contributed by atoms with Crippen molar-refractivity contribution in [2.45, 2.75) is 19.3 Å². The molecule has 1 amide bonds. The van der Waals surface area contributed by atoms with E-state index in [1.807, 2.05) is 0 Å². The van der Waals surface area contributed by atoms with Crippen molar-refractivity contribution in [1.29, 1.82) is 0 Å². The highest BCUT2D eigenvalue weighted by Crippen LogP contribution is 2.23. The highest BCUT2D eigenvalue weighted by Gasteiger charge is 2.34. The molecule has 90 valence electrons. The lowest BCUT2D eigenvalue weighted by atomic mass is 9.99. The van der Waals surface area contributed by atoms with Gasteiger partial charge in [0.2, 0.25) is 5.91 Å². The second kappa shape index (κ2) is 4.82. The largest absolute Gasteiger partial charge is 0.481 e. The number of aliphatic carboxylic acids is 1. The molecule has 16 heavy (non-hydrogen) atoms. The van der Waals surface area contributed by atoms with E-state index in [0.717, 1.165) is 12.8 Å². The number of hydrogen-bond acceptors (Lipinski definition) is 3. The lowest BCUT2D eigenvalue weighted by Crippen LogP contribution is -2.37. The summed E-state index contributed by atoms with van der Waals surface area (Å²) in [5.41, 5.74) is 0. The number of carboxylic acid groups (broad SMARTS) is 1. The first-order valence-corrected chi connectivity index (χ1v) is 5.78. The van der Waals surface area contributed by atoms with Gasteiger partial charge in [0.15, 0.2) is 0 Å². The van der Waals surface area contributed by atoms with Crippen molar-refractivity contribution in [2.75, 3.05) is 26.3 Å². The number of carboxylic acids is 1. The van der Waals surface area contributed by atoms with Crippen LogP contribution in [0.2, 0.25) is 0 Å². The Hall–Kier alpha value is -1.10. The molecule has 0 unspecified atom stereocenters. The van der Waals surface area contributed by atoms with Crippen LogP contribution in [0.1, 0.15) is 19.3 Å². The minimum Gasteiger partial charge on any atom is -0.481 e. The van der Waals surface area contributed by atoms with E-state index in [0.29, 0.717) is 32.7 Å². The molecule has 2 aliphatic rings. The predicted molar refractivity (Wildman–Crippen MR) is 55.9 cm³/mol. The van der Waals surface area contributed by atoms with Crippen LogP contribution in [0, 0.1) is 11.8 Å². The summed E-state index contributed by atoms with van der Waals surface area (Å²) in [6, 6.07) is 0. The number of ether oxygens (including phenoxy) is 1. The van der Waals surface area contributed by atoms with Gasteiger partial charge < -0.3 is 14.7 Å². The average Bonchev–Trinajstić information content (AvgIpc) is 2.78. The van der Waals surface area contributed by atoms with Gasteiger partial charge in [0.1, 0.15) is 0 Å². The van der Waals surface area contributed by atoms with Crippen LogP contribution < -0.4 is 0 Å². The number of nitrogens with zero attached hydrogens (tertiary/aromatic N) is 1. The van der Waals surface area contributed by atoms with Gasteiger partial charge in [-0.05, 0) is 19.3 Å². The van der Waals surface area contributed by atoms with E-state index in [1.165, 1.54) is 0 Å². The van der Waals surface area contributed by atoms with Crippen molar-refractivity contribution < 1.29 is 19.4 Å². The molecule has 1 atom stereocenters. The van der Waals surface area contributed by atoms with Crippen LogP contribution in [0.4, 0.5) is 0 Å². The molecule has 0 aromatic carbocycles. The Morgan fingerprint density at radius 1 is 1.12 bits per heavy atom. The summed E-state index contributed by atoms with van der Waals surface area (Å²) < 4.78 is 5.21. The third-order valence-corrected chi connectivity index (χ3v) is 3.42. The van der Waals surface area contributed by atoms with Crippen LogP contribution in [0.3, 0.4) is 0 Å². The van der Waals surface area contributed by atoms with Crippen LogP contribution in [-0.2, 0) is 14.3 Å². The zero-order valence-electron chi connectivity index (χ0n) is 9.22. The maximum Gasteiger partial charge on any atom is 0.308 e. The Balaban J connectivity index is 1.88. The van der Waals surface area contributed by atoms with Crippen molar-refractivity contribution in [1.82, 2.24) is 4.90 Å². The maximum absolute atomic E-state index is 12.0. The molecule has 1 N–H and O–H groups in total. The highest BCUT2D eigenvalue weighted by molar-refractivity contribution is 5.80. The molecule has 0 spiro atoms. The standard InChI is InChI=1S/C11H17NO4/c13-10(8-2-5-16-6-3-8)12-4-1-9(7-12)11(14)15/h8-9H,1-7H2,(H,14,15)/t9-/m1/s1. The van der Waals surface area contributed by atoms with Gasteiger partial charge in [0, 0.05) is 32.2 Å². The molecule has 0 aromatic heterocycles. The summed E-state index contributed by atoms with van der Waals surface area (Å²) in [4.78, 5) is 24.5. The van der Waals surface area contributed by atoms with Gasteiger partial charge in [0.25, 0.3) is 0 Å². The third kappa shape index (κ3) is 2.35. The monoisotopic (exact) mass is 227 g/mol. The summed E-state index contributed by atoms with van der Waals surface area (Å²) in [7, 11) is 0. The van der Waals surface area contributed by atoms with E-state index in [2.05, 4.69) is 0 Å². The zero-order chi connectivity index (χ0) is 11.5. The topological polar surface area (TPSA) is 66.8 Å². The molecule has 0 radical (unpaired) electrons. The molecule has 2 heterocycles. The van der Waals surface area contributed by atoms with Gasteiger partial charge in [-0.3, -0.25) is 9.59 Å². The Labute approximate surface area is 94.4 Å². The van der Waals surface area contributed by atoms with E-state index in [1.54, 1.807) is 4.90 Å². The van der Waals surface area contributed by atoms with Crippen LogP contribution in [0.25, 0.3) is 0 Å². The molecule has 2 fully saturated rings. The molecule has 2 saturated heterocycles. The molecule has 0 aliphatic carbocycles. The molecule has 5 heteroatoms. The molecule has 2 aliphatic heterocycles. The number of hydrogen-bond donors (Lipinski definition) is 1. The van der Waals surface area contributed by atoms with E-state index < -0.39 is 5.97 Å². The predicted octanol–water partition coefficient (Wildman–Crippen LogP) is 0.346. The lowest BCUT2D eigenvalue weighted by Gasteiger charge is -2.26. The Morgan fingerprint density at radius 3 is 2.38 bits per heavy atom. The van der Waals surface area contributed by atoms with Gasteiger partial charge in [-0.25, -0.2) is 0 Å². The van der Waals surface area contributed by atoms with Gasteiger partial charge in [0.05, 0.1) is 5.92 Å². The fourth-order valence-electron chi connectivity index (χ4n) is 2.36. The van der Waals surface area contributed by atoms with Crippen molar-refractivity contribution in [3.63, 3.8) is 0 Å². The molecule has 0 aromatic rings. The van der Waals surface area contributed by atoms with Crippen molar-refractivity contribution in [3.05, 3.63) is 0 Å². The fourth-order valence-corrected chi connectivity index (χ4v) is 2.36. The lowest BCUT2D eigenvalue weighted by molar-refractivity contribution is -0.142. The normalized spacial score (nSPS) is 27.0. The number of amides is 1. The van der Waals surface area contributed by atoms with Gasteiger partial charge in [-0.15, -0.1) is 0 Å². The highest BCUT2D eigenvalue weighted by atomic mass is 16.5. The maximum atomic E-state index is 12.0. The summed E-state index contributed by atoms with van der Waals surface area (Å²) >= 11 is 0. The molecule has 2 rings (SSSR count). The van der Waals surface area contributed by atoms with Crippen molar-refractivity contribution in [3.8, 4) is 0 Å². The van der Waals surface area contributed by atoms with Crippen molar-refractivity contribution >= 4 is 11.9 Å². The van der Waals surface area contributed by atoms with Gasteiger partial charge >= 0.3 is 5.97 Å². The van der Waals surface area contributed by atoms with Crippen LogP contribution in [0.5, 0.6) is 0 Å². The van der Waals surface area contributed by atoms with Crippen LogP contribution in [0.15, 0.2) is 0 Å². The Morgan fingerprint density at radius 2 is 1.81 bits per heavy atom. The van der Waals surface area contributed by atoms with Crippen molar-refractivity contribution in [2.24, 2.45) is 11.8 Å². The van der Waals surface area contributed by atoms with E-state index in [9.17, 15) is 9.59 Å². The SMILES string of the molecule is O=C(O)[C@@H]1CCN(C(=O)C2CCOCC2)C1. The summed E-state index contributed by atoms with van der Waals surface area (Å²) in [5.74, 6) is -1.00. The number of rotatable bonds is 2. The molecule has 0 saturated carbocycles. The molecule has 5 nitrogen and oxygen atoms in total.